The maximum absolute atomic E-state index is 12.7. The summed E-state index contributed by atoms with van der Waals surface area (Å²) in [5.41, 5.74) is 0.844. The zero-order valence-electron chi connectivity index (χ0n) is 9.73. The van der Waals surface area contributed by atoms with Gasteiger partial charge in [0.15, 0.2) is 0 Å². The zero-order chi connectivity index (χ0) is 12.1. The van der Waals surface area contributed by atoms with Gasteiger partial charge in [-0.1, -0.05) is 12.1 Å². The van der Waals surface area contributed by atoms with E-state index in [9.17, 15) is 9.18 Å². The van der Waals surface area contributed by atoms with Gasteiger partial charge in [0.25, 0.3) is 0 Å². The Labute approximate surface area is 101 Å². The first-order valence-electron chi connectivity index (χ1n) is 5.98. The minimum absolute atomic E-state index is 0.0500. The fourth-order valence-electron chi connectivity index (χ4n) is 1.96. The molecule has 1 aromatic rings. The molecule has 17 heavy (non-hydrogen) atoms. The highest BCUT2D eigenvalue weighted by Crippen LogP contribution is 2.10. The van der Waals surface area contributed by atoms with Gasteiger partial charge < -0.3 is 4.90 Å². The third-order valence-electron chi connectivity index (χ3n) is 2.96. The third-order valence-corrected chi connectivity index (χ3v) is 2.96. The Kier molecular flexibility index (Phi) is 3.91. The van der Waals surface area contributed by atoms with Crippen LogP contribution in [0.1, 0.15) is 24.8 Å². The lowest BCUT2D eigenvalue weighted by Gasteiger charge is -2.25. The van der Waals surface area contributed by atoms with E-state index in [4.69, 9.17) is 0 Å². The number of carbonyl (C=O) groups is 1. The van der Waals surface area contributed by atoms with Crippen LogP contribution >= 0.6 is 0 Å². The normalized spacial score (nSPS) is 16.4. The molecule has 1 fully saturated rings. The maximum atomic E-state index is 12.7. The number of likely N-dealkylation sites (tertiary alicyclic amines) is 1. The summed E-state index contributed by atoms with van der Waals surface area (Å²) in [6.45, 7) is 1.71. The lowest BCUT2D eigenvalue weighted by molar-refractivity contribution is -0.126. The Balaban J connectivity index is 1.95. The van der Waals surface area contributed by atoms with Crippen LogP contribution in [0.3, 0.4) is 0 Å². The maximum Gasteiger partial charge on any atom is 0.246 e. The molecule has 1 aliphatic heterocycles. The molecule has 1 aliphatic rings. The van der Waals surface area contributed by atoms with E-state index in [2.05, 4.69) is 0 Å². The number of piperidine rings is 1. The van der Waals surface area contributed by atoms with Crippen molar-refractivity contribution < 1.29 is 9.18 Å². The summed E-state index contributed by atoms with van der Waals surface area (Å²) in [6.07, 6.45) is 6.70. The molecule has 1 saturated heterocycles. The van der Waals surface area contributed by atoms with Crippen LogP contribution in [0.25, 0.3) is 6.08 Å². The first-order valence-corrected chi connectivity index (χ1v) is 5.98. The summed E-state index contributed by atoms with van der Waals surface area (Å²) < 4.78 is 12.7. The molecule has 0 atom stereocenters. The first-order chi connectivity index (χ1) is 8.25. The average Bonchev–Trinajstić information content (AvgIpc) is 2.39. The van der Waals surface area contributed by atoms with Crippen LogP contribution in [0.2, 0.25) is 0 Å². The molecule has 3 heteroatoms. The lowest BCUT2D eigenvalue weighted by atomic mass is 10.1. The zero-order valence-corrected chi connectivity index (χ0v) is 9.73. The minimum atomic E-state index is -0.260. The Morgan fingerprint density at radius 3 is 2.41 bits per heavy atom. The third kappa shape index (κ3) is 3.41. The number of benzene rings is 1. The number of nitrogens with zero attached hydrogens (tertiary/aromatic N) is 1. The van der Waals surface area contributed by atoms with Crippen LogP contribution in [0.15, 0.2) is 30.3 Å². The van der Waals surface area contributed by atoms with Crippen molar-refractivity contribution in [2.45, 2.75) is 19.3 Å². The molecule has 0 radical (unpaired) electrons. The van der Waals surface area contributed by atoms with E-state index in [1.54, 1.807) is 24.3 Å². The van der Waals surface area contributed by atoms with Crippen LogP contribution in [0.4, 0.5) is 4.39 Å². The highest BCUT2D eigenvalue weighted by molar-refractivity contribution is 5.91. The molecule has 2 nitrogen and oxygen atoms in total. The van der Waals surface area contributed by atoms with Crippen molar-refractivity contribution in [2.24, 2.45) is 0 Å². The fraction of sp³-hybridized carbons (Fsp3) is 0.357. The van der Waals surface area contributed by atoms with Crippen LogP contribution in [-0.4, -0.2) is 23.9 Å². The summed E-state index contributed by atoms with van der Waals surface area (Å²) in [6, 6.07) is 6.11. The topological polar surface area (TPSA) is 20.3 Å². The minimum Gasteiger partial charge on any atom is -0.339 e. The summed E-state index contributed by atoms with van der Waals surface area (Å²) >= 11 is 0. The number of carbonyl (C=O) groups excluding carboxylic acids is 1. The van der Waals surface area contributed by atoms with Gasteiger partial charge in [-0.3, -0.25) is 4.79 Å². The lowest BCUT2D eigenvalue weighted by Crippen LogP contribution is -2.34. The van der Waals surface area contributed by atoms with E-state index >= 15 is 0 Å². The van der Waals surface area contributed by atoms with Crippen molar-refractivity contribution in [3.05, 3.63) is 41.7 Å². The van der Waals surface area contributed by atoms with Crippen molar-refractivity contribution in [3.63, 3.8) is 0 Å². The number of amides is 1. The van der Waals surface area contributed by atoms with Gasteiger partial charge in [0.1, 0.15) is 5.82 Å². The second-order valence-electron chi connectivity index (χ2n) is 4.27. The van der Waals surface area contributed by atoms with Gasteiger partial charge in [0.2, 0.25) is 5.91 Å². The van der Waals surface area contributed by atoms with Gasteiger partial charge in [-0.05, 0) is 43.0 Å². The van der Waals surface area contributed by atoms with Crippen LogP contribution in [-0.2, 0) is 4.79 Å². The molecule has 1 heterocycles. The van der Waals surface area contributed by atoms with E-state index in [1.165, 1.54) is 18.6 Å². The van der Waals surface area contributed by atoms with Gasteiger partial charge in [0, 0.05) is 19.2 Å². The number of rotatable bonds is 2. The van der Waals surface area contributed by atoms with Gasteiger partial charge >= 0.3 is 0 Å². The summed E-state index contributed by atoms with van der Waals surface area (Å²) in [4.78, 5) is 13.7. The largest absolute Gasteiger partial charge is 0.339 e. The van der Waals surface area contributed by atoms with Gasteiger partial charge in [-0.15, -0.1) is 0 Å². The Morgan fingerprint density at radius 2 is 1.76 bits per heavy atom. The molecule has 0 aromatic heterocycles. The Morgan fingerprint density at radius 1 is 1.12 bits per heavy atom. The molecular formula is C14H16FNO. The molecule has 0 N–H and O–H groups in total. The van der Waals surface area contributed by atoms with Crippen molar-refractivity contribution in [2.75, 3.05) is 13.1 Å². The molecule has 0 unspecified atom stereocenters. The van der Waals surface area contributed by atoms with Crippen LogP contribution < -0.4 is 0 Å². The molecular weight excluding hydrogens is 217 g/mol. The predicted molar refractivity (Wildman–Crippen MR) is 65.9 cm³/mol. The molecule has 1 amide bonds. The molecule has 90 valence electrons. The highest BCUT2D eigenvalue weighted by Gasteiger charge is 2.13. The van der Waals surface area contributed by atoms with Gasteiger partial charge in [-0.2, -0.15) is 0 Å². The van der Waals surface area contributed by atoms with Crippen LogP contribution in [0, 0.1) is 5.82 Å². The van der Waals surface area contributed by atoms with E-state index in [0.717, 1.165) is 31.5 Å². The Hall–Kier alpha value is -1.64. The second-order valence-corrected chi connectivity index (χ2v) is 4.27. The summed E-state index contributed by atoms with van der Waals surface area (Å²) in [5.74, 6) is -0.210. The number of halogens is 1. The first kappa shape index (κ1) is 11.8. The number of hydrogen-bond acceptors (Lipinski definition) is 1. The molecule has 0 aliphatic carbocycles. The van der Waals surface area contributed by atoms with Crippen molar-refractivity contribution in [1.82, 2.24) is 4.90 Å². The van der Waals surface area contributed by atoms with Crippen molar-refractivity contribution in [3.8, 4) is 0 Å². The highest BCUT2D eigenvalue weighted by atomic mass is 19.1. The average molecular weight is 233 g/mol. The molecule has 0 saturated carbocycles. The molecule has 0 spiro atoms. The second kappa shape index (κ2) is 5.62. The predicted octanol–water partition coefficient (Wildman–Crippen LogP) is 2.85. The summed E-state index contributed by atoms with van der Waals surface area (Å²) in [5, 5.41) is 0. The smallest absolute Gasteiger partial charge is 0.246 e. The molecule has 0 bridgehead atoms. The monoisotopic (exact) mass is 233 g/mol. The summed E-state index contributed by atoms with van der Waals surface area (Å²) in [7, 11) is 0. The van der Waals surface area contributed by atoms with Crippen molar-refractivity contribution in [1.29, 1.82) is 0 Å². The van der Waals surface area contributed by atoms with E-state index in [-0.39, 0.29) is 11.7 Å². The standard InChI is InChI=1S/C14H16FNO/c15-13-7-4-12(5-8-13)6-9-14(17)16-10-2-1-3-11-16/h4-9H,1-3,10-11H2/b9-6-. The molecule has 1 aromatic carbocycles. The number of hydrogen-bond donors (Lipinski definition) is 0. The van der Waals surface area contributed by atoms with E-state index in [1.807, 2.05) is 4.90 Å². The van der Waals surface area contributed by atoms with E-state index < -0.39 is 0 Å². The SMILES string of the molecule is O=C(/C=C\c1ccc(F)cc1)N1CCCCC1. The fourth-order valence-corrected chi connectivity index (χ4v) is 1.96. The quantitative estimate of drug-likeness (QED) is 0.719. The van der Waals surface area contributed by atoms with Gasteiger partial charge in [0.05, 0.1) is 0 Å². The van der Waals surface area contributed by atoms with E-state index in [0.29, 0.717) is 0 Å². The van der Waals surface area contributed by atoms with Crippen LogP contribution in [0.5, 0.6) is 0 Å². The van der Waals surface area contributed by atoms with Crippen molar-refractivity contribution >= 4 is 12.0 Å². The Bertz CT molecular complexity index is 405. The molecule has 2 rings (SSSR count). The van der Waals surface area contributed by atoms with Gasteiger partial charge in [-0.25, -0.2) is 4.39 Å².